The Kier molecular flexibility index (Phi) is 30.6. The molecule has 69 heavy (non-hydrogen) atoms. The van der Waals surface area contributed by atoms with E-state index in [2.05, 4.69) is 135 Å². The van der Waals surface area contributed by atoms with Gasteiger partial charge in [0, 0.05) is 121 Å². The van der Waals surface area contributed by atoms with Gasteiger partial charge < -0.3 is 69.5 Å². The van der Waals surface area contributed by atoms with Crippen LogP contribution in [0.15, 0.2) is 54.6 Å². The predicted molar refractivity (Wildman–Crippen MR) is 274 cm³/mol. The van der Waals surface area contributed by atoms with Crippen LogP contribution in [0.5, 0.6) is 0 Å². The van der Waals surface area contributed by atoms with Crippen LogP contribution in [0, 0.1) is 52.3 Å². The van der Waals surface area contributed by atoms with Gasteiger partial charge in [0.15, 0.2) is 0 Å². The standard InChI is InChI=1S/C28H36O4S.C14H21BO2.C12H18O4S.2Y/c1-19-9-7-10-20(2)25(19)27-23(17-31-15-13-29-5)24(18-32-16-14-30-6)28(33-27)26-21(3)11-8-12-22(26)4;1-10-8-7-9-11(2)12(10)15-16-13(3,4)14(5,6)17-15;1-13-3-5-15-7-11-9-17-10-12(11)8-16-6-4-14-2;;/h7-12H,13-18H2,1-6H3;7-9H,1-6H3;3-8H2,1-2H3;;/q;;-2;;. The van der Waals surface area contributed by atoms with Crippen LogP contribution in [0.3, 0.4) is 0 Å². The minimum atomic E-state index is -0.271. The molecule has 3 aromatic carbocycles. The number of ether oxygens (including phenoxy) is 8. The summed E-state index contributed by atoms with van der Waals surface area (Å²) in [5.74, 6) is 0. The van der Waals surface area contributed by atoms with Crippen molar-refractivity contribution in [3.05, 3.63) is 121 Å². The zero-order valence-electron chi connectivity index (χ0n) is 43.8. The van der Waals surface area contributed by atoms with Gasteiger partial charge >= 0.3 is 7.12 Å². The first kappa shape index (κ1) is 64.0. The minimum Gasteiger partial charge on any atom is -0.474 e. The molecule has 6 rings (SSSR count). The molecule has 3 heterocycles. The molecule has 374 valence electrons. The SMILES string of the molecule is COCCOCc1[c-]s[c-]c1COCCOC.COCCOCc1c(-c2c(C)cccc2C)sc(-c2c(C)cccc2C)c1COCCOC.Cc1cccc(C)c1B1OC(C)(C)C(C)(C)O1.[Y].[Y]. The molecule has 1 saturated heterocycles. The number of benzene rings is 3. The molecule has 1 aliphatic rings. The summed E-state index contributed by atoms with van der Waals surface area (Å²) in [6.45, 7) is 28.1. The van der Waals surface area contributed by atoms with E-state index in [1.165, 1.54) is 82.2 Å². The number of hydrogen-bond acceptors (Lipinski definition) is 12. The van der Waals surface area contributed by atoms with Crippen LogP contribution in [0.2, 0.25) is 0 Å². The van der Waals surface area contributed by atoms with E-state index in [4.69, 9.17) is 47.2 Å². The van der Waals surface area contributed by atoms with Crippen molar-refractivity contribution in [3.8, 4) is 20.9 Å². The van der Waals surface area contributed by atoms with Gasteiger partial charge in [-0.15, -0.1) is 11.3 Å². The Bertz CT molecular complexity index is 2060. The van der Waals surface area contributed by atoms with Gasteiger partial charge in [0.25, 0.3) is 0 Å². The summed E-state index contributed by atoms with van der Waals surface area (Å²) < 4.78 is 55.4. The Balaban J connectivity index is 0.000000384. The zero-order valence-corrected chi connectivity index (χ0v) is 51.1. The fourth-order valence-electron chi connectivity index (χ4n) is 7.48. The van der Waals surface area contributed by atoms with E-state index in [1.54, 1.807) is 28.4 Å². The summed E-state index contributed by atoms with van der Waals surface area (Å²) in [5, 5.41) is 6.27. The zero-order chi connectivity index (χ0) is 49.0. The Labute approximate surface area is 473 Å². The van der Waals surface area contributed by atoms with Gasteiger partial charge in [-0.3, -0.25) is 10.9 Å². The molecule has 2 aromatic heterocycles. The number of hydrogen-bond donors (Lipinski definition) is 0. The molecule has 1 aliphatic heterocycles. The van der Waals surface area contributed by atoms with E-state index >= 15 is 0 Å². The first-order chi connectivity index (χ1) is 32.1. The van der Waals surface area contributed by atoms with Crippen molar-refractivity contribution in [3.63, 3.8) is 0 Å². The van der Waals surface area contributed by atoms with E-state index in [1.807, 2.05) is 11.3 Å². The molecular weight excluding hydrogens is 1060 g/mol. The van der Waals surface area contributed by atoms with E-state index in [0.717, 1.165) is 11.1 Å². The molecule has 0 amide bonds. The Morgan fingerprint density at radius 3 is 1.09 bits per heavy atom. The number of methoxy groups -OCH3 is 4. The van der Waals surface area contributed by atoms with Crippen molar-refractivity contribution in [2.75, 3.05) is 81.3 Å². The van der Waals surface area contributed by atoms with Crippen molar-refractivity contribution in [2.24, 2.45) is 0 Å². The summed E-state index contributed by atoms with van der Waals surface area (Å²) in [5.41, 5.74) is 15.2. The van der Waals surface area contributed by atoms with Crippen molar-refractivity contribution < 1.29 is 113 Å². The summed E-state index contributed by atoms with van der Waals surface area (Å²) in [4.78, 5) is 2.54. The van der Waals surface area contributed by atoms with Crippen molar-refractivity contribution in [1.82, 2.24) is 0 Å². The smallest absolute Gasteiger partial charge is 0.474 e. The summed E-state index contributed by atoms with van der Waals surface area (Å²) >= 11 is 3.28. The van der Waals surface area contributed by atoms with E-state index in [-0.39, 0.29) is 83.7 Å². The van der Waals surface area contributed by atoms with Crippen LogP contribution in [-0.2, 0) is 139 Å². The van der Waals surface area contributed by atoms with Gasteiger partial charge in [-0.05, 0) is 115 Å². The molecule has 0 unspecified atom stereocenters. The Hall–Kier alpha value is -1.07. The summed E-state index contributed by atoms with van der Waals surface area (Å²) in [6.07, 6.45) is 0. The Morgan fingerprint density at radius 1 is 0.464 bits per heavy atom. The maximum atomic E-state index is 6.09. The molecule has 10 nitrogen and oxygen atoms in total. The third kappa shape index (κ3) is 19.0. The van der Waals surface area contributed by atoms with Gasteiger partial charge in [0.1, 0.15) is 0 Å². The maximum Gasteiger partial charge on any atom is 0.495 e. The molecule has 2 radical (unpaired) electrons. The minimum absolute atomic E-state index is 0. The van der Waals surface area contributed by atoms with Crippen LogP contribution >= 0.6 is 22.7 Å². The van der Waals surface area contributed by atoms with Crippen molar-refractivity contribution >= 4 is 35.3 Å². The molecule has 0 saturated carbocycles. The van der Waals surface area contributed by atoms with E-state index < -0.39 is 0 Å². The predicted octanol–water partition coefficient (Wildman–Crippen LogP) is 10.9. The molecular formula is C54H75BO10S2Y2-2. The first-order valence-electron chi connectivity index (χ1n) is 23.0. The fraction of sp³-hybridized carbons (Fsp3) is 0.519. The van der Waals surface area contributed by atoms with Gasteiger partial charge in [0.05, 0.1) is 77.3 Å². The average molecular weight is 1140 g/mol. The monoisotopic (exact) mass is 1140 g/mol. The summed E-state index contributed by atoms with van der Waals surface area (Å²) in [6, 6.07) is 19.3. The molecule has 1 fully saturated rings. The number of rotatable bonds is 23. The van der Waals surface area contributed by atoms with Gasteiger partial charge in [-0.2, -0.15) is 0 Å². The second-order valence-corrected chi connectivity index (χ2v) is 19.2. The van der Waals surface area contributed by atoms with Crippen LogP contribution < -0.4 is 5.46 Å². The fourth-order valence-corrected chi connectivity index (χ4v) is 9.81. The van der Waals surface area contributed by atoms with E-state index in [9.17, 15) is 0 Å². The Morgan fingerprint density at radius 2 is 0.768 bits per heavy atom. The molecule has 0 bridgehead atoms. The second-order valence-electron chi connectivity index (χ2n) is 17.6. The topological polar surface area (TPSA) is 92.3 Å². The third-order valence-corrected chi connectivity index (χ3v) is 14.0. The van der Waals surface area contributed by atoms with Crippen LogP contribution in [0.1, 0.15) is 83.3 Å². The molecule has 0 aliphatic carbocycles. The van der Waals surface area contributed by atoms with Crippen LogP contribution in [-0.4, -0.2) is 99.6 Å². The van der Waals surface area contributed by atoms with Gasteiger partial charge in [0.2, 0.25) is 0 Å². The third-order valence-electron chi connectivity index (χ3n) is 12.0. The largest absolute Gasteiger partial charge is 0.495 e. The summed E-state index contributed by atoms with van der Waals surface area (Å²) in [7, 11) is 6.46. The number of aryl methyl sites for hydroxylation is 6. The first-order valence-corrected chi connectivity index (χ1v) is 24.6. The molecule has 0 spiro atoms. The van der Waals surface area contributed by atoms with Gasteiger partial charge in [-0.25, -0.2) is 0 Å². The molecule has 15 heteroatoms. The van der Waals surface area contributed by atoms with Crippen LogP contribution in [0.4, 0.5) is 0 Å². The average Bonchev–Trinajstić information content (AvgIpc) is 3.93. The van der Waals surface area contributed by atoms with Gasteiger partial charge in [-0.1, -0.05) is 65.7 Å². The van der Waals surface area contributed by atoms with Crippen molar-refractivity contribution in [1.29, 1.82) is 0 Å². The van der Waals surface area contributed by atoms with Crippen molar-refractivity contribution in [2.45, 2.75) is 107 Å². The molecule has 0 atom stereocenters. The van der Waals surface area contributed by atoms with E-state index in [0.29, 0.717) is 79.3 Å². The number of thiophene rings is 2. The van der Waals surface area contributed by atoms with Crippen LogP contribution in [0.25, 0.3) is 20.9 Å². The molecule has 0 N–H and O–H groups in total. The normalized spacial score (nSPS) is 13.5. The quantitative estimate of drug-likeness (QED) is 0.0358. The second kappa shape index (κ2) is 33.0. The maximum absolute atomic E-state index is 6.09. The molecule has 5 aromatic rings.